The van der Waals surface area contributed by atoms with Gasteiger partial charge in [-0.1, -0.05) is 30.3 Å². The fourth-order valence-corrected chi connectivity index (χ4v) is 2.77. The number of anilines is 1. The maximum atomic E-state index is 12.5. The van der Waals surface area contributed by atoms with Gasteiger partial charge in [-0.3, -0.25) is 9.78 Å². The SMILES string of the molecule is COc1ccc(C(C)NC(=O)/C(C#N)=C\Nc2cccc3cccnc23)cc1. The predicted molar refractivity (Wildman–Crippen MR) is 109 cm³/mol. The average molecular weight is 372 g/mol. The number of carbonyl (C=O) groups excluding carboxylic acids is 1. The lowest BCUT2D eigenvalue weighted by Crippen LogP contribution is -2.28. The Morgan fingerprint density at radius 2 is 1.93 bits per heavy atom. The van der Waals surface area contributed by atoms with Crippen LogP contribution >= 0.6 is 0 Å². The van der Waals surface area contributed by atoms with Gasteiger partial charge in [0.25, 0.3) is 5.91 Å². The minimum absolute atomic E-state index is 0.0201. The maximum absolute atomic E-state index is 12.5. The van der Waals surface area contributed by atoms with Crippen molar-refractivity contribution in [1.29, 1.82) is 5.26 Å². The largest absolute Gasteiger partial charge is 0.497 e. The molecule has 0 saturated heterocycles. The van der Waals surface area contributed by atoms with Gasteiger partial charge in [0, 0.05) is 17.8 Å². The molecule has 1 aromatic heterocycles. The Labute approximate surface area is 163 Å². The number of nitrogens with one attached hydrogen (secondary N) is 2. The number of hydrogen-bond acceptors (Lipinski definition) is 5. The average Bonchev–Trinajstić information content (AvgIpc) is 2.74. The number of aromatic nitrogens is 1. The standard InChI is InChI=1S/C22H20N4O2/c1-15(16-8-10-19(28-2)11-9-16)26-22(27)18(13-23)14-25-20-7-3-5-17-6-4-12-24-21(17)20/h3-12,14-15,25H,1-2H3,(H,26,27)/b18-14-. The molecule has 0 bridgehead atoms. The van der Waals surface area contributed by atoms with E-state index in [1.54, 1.807) is 13.3 Å². The Hall–Kier alpha value is -3.85. The minimum Gasteiger partial charge on any atom is -0.497 e. The molecule has 0 aliphatic rings. The molecule has 2 aromatic carbocycles. The molecule has 1 unspecified atom stereocenters. The predicted octanol–water partition coefficient (Wildman–Crippen LogP) is 3.94. The molecule has 3 aromatic rings. The Balaban J connectivity index is 1.72. The molecule has 6 nitrogen and oxygen atoms in total. The van der Waals surface area contributed by atoms with E-state index in [1.807, 2.05) is 67.6 Å². The molecule has 2 N–H and O–H groups in total. The van der Waals surface area contributed by atoms with Crippen molar-refractivity contribution in [3.8, 4) is 11.8 Å². The molecular weight excluding hydrogens is 352 g/mol. The molecule has 1 heterocycles. The van der Waals surface area contributed by atoms with Gasteiger partial charge < -0.3 is 15.4 Å². The van der Waals surface area contributed by atoms with Gasteiger partial charge in [-0.05, 0) is 36.8 Å². The van der Waals surface area contributed by atoms with E-state index in [4.69, 9.17) is 4.74 Å². The first kappa shape index (κ1) is 18.9. The van der Waals surface area contributed by atoms with Crippen LogP contribution in [0.25, 0.3) is 10.9 Å². The van der Waals surface area contributed by atoms with Gasteiger partial charge in [0.2, 0.25) is 0 Å². The zero-order valence-electron chi connectivity index (χ0n) is 15.6. The summed E-state index contributed by atoms with van der Waals surface area (Å²) in [5, 5.41) is 16.2. The Bertz CT molecular complexity index is 1050. The highest BCUT2D eigenvalue weighted by molar-refractivity contribution is 5.98. The normalized spacial score (nSPS) is 12.1. The molecule has 28 heavy (non-hydrogen) atoms. The number of carbonyl (C=O) groups is 1. The number of amides is 1. The third-order valence-corrected chi connectivity index (χ3v) is 4.33. The molecule has 0 aliphatic heterocycles. The van der Waals surface area contributed by atoms with Crippen molar-refractivity contribution in [2.45, 2.75) is 13.0 Å². The molecule has 1 amide bonds. The molecule has 140 valence electrons. The third kappa shape index (κ3) is 4.27. The number of nitrogens with zero attached hydrogens (tertiary/aromatic N) is 2. The lowest BCUT2D eigenvalue weighted by atomic mass is 10.1. The molecule has 0 fully saturated rings. The zero-order valence-corrected chi connectivity index (χ0v) is 15.6. The second-order valence-corrected chi connectivity index (χ2v) is 6.16. The lowest BCUT2D eigenvalue weighted by molar-refractivity contribution is -0.117. The number of fused-ring (bicyclic) bond motifs is 1. The van der Waals surface area contributed by atoms with Crippen molar-refractivity contribution in [1.82, 2.24) is 10.3 Å². The fraction of sp³-hybridized carbons (Fsp3) is 0.136. The first-order valence-electron chi connectivity index (χ1n) is 8.77. The van der Waals surface area contributed by atoms with E-state index in [2.05, 4.69) is 15.6 Å². The van der Waals surface area contributed by atoms with Crippen LogP contribution in [0.3, 0.4) is 0 Å². The van der Waals surface area contributed by atoms with Crippen molar-refractivity contribution in [2.75, 3.05) is 12.4 Å². The van der Waals surface area contributed by atoms with Crippen LogP contribution in [-0.4, -0.2) is 18.0 Å². The van der Waals surface area contributed by atoms with Crippen molar-refractivity contribution in [3.05, 3.63) is 78.1 Å². The summed E-state index contributed by atoms with van der Waals surface area (Å²) in [6.07, 6.45) is 3.10. The van der Waals surface area contributed by atoms with Gasteiger partial charge in [0.1, 0.15) is 17.4 Å². The van der Waals surface area contributed by atoms with Crippen LogP contribution in [0.1, 0.15) is 18.5 Å². The van der Waals surface area contributed by atoms with Crippen LogP contribution in [-0.2, 0) is 4.79 Å². The number of methoxy groups -OCH3 is 1. The molecule has 0 aliphatic carbocycles. The molecule has 0 radical (unpaired) electrons. The summed E-state index contributed by atoms with van der Waals surface area (Å²) in [6, 6.07) is 18.6. The molecule has 0 spiro atoms. The molecule has 0 saturated carbocycles. The summed E-state index contributed by atoms with van der Waals surface area (Å²) in [5.41, 5.74) is 2.39. The van der Waals surface area contributed by atoms with E-state index in [-0.39, 0.29) is 11.6 Å². The van der Waals surface area contributed by atoms with Crippen LogP contribution < -0.4 is 15.4 Å². The third-order valence-electron chi connectivity index (χ3n) is 4.33. The van der Waals surface area contributed by atoms with Crippen LogP contribution in [0.4, 0.5) is 5.69 Å². The highest BCUT2D eigenvalue weighted by atomic mass is 16.5. The monoisotopic (exact) mass is 372 g/mol. The first-order valence-corrected chi connectivity index (χ1v) is 8.77. The lowest BCUT2D eigenvalue weighted by Gasteiger charge is -2.14. The summed E-state index contributed by atoms with van der Waals surface area (Å²) in [5.74, 6) is 0.291. The quantitative estimate of drug-likeness (QED) is 0.505. The van der Waals surface area contributed by atoms with Crippen molar-refractivity contribution < 1.29 is 9.53 Å². The molecule has 1 atom stereocenters. The summed E-state index contributed by atoms with van der Waals surface area (Å²) in [4.78, 5) is 16.8. The van der Waals surface area contributed by atoms with Crippen molar-refractivity contribution in [3.63, 3.8) is 0 Å². The smallest absolute Gasteiger partial charge is 0.263 e. The van der Waals surface area contributed by atoms with E-state index in [0.29, 0.717) is 0 Å². The van der Waals surface area contributed by atoms with Crippen molar-refractivity contribution >= 4 is 22.5 Å². The molecule has 6 heteroatoms. The Kier molecular flexibility index (Phi) is 5.87. The van der Waals surface area contributed by atoms with E-state index in [9.17, 15) is 10.1 Å². The van der Waals surface area contributed by atoms with Crippen LogP contribution in [0.2, 0.25) is 0 Å². The van der Waals surface area contributed by atoms with E-state index in [0.717, 1.165) is 27.9 Å². The van der Waals surface area contributed by atoms with Crippen LogP contribution in [0.15, 0.2) is 72.6 Å². The first-order chi connectivity index (χ1) is 13.6. The number of para-hydroxylation sites is 1. The van der Waals surface area contributed by atoms with Crippen LogP contribution in [0.5, 0.6) is 5.75 Å². The number of benzene rings is 2. The highest BCUT2D eigenvalue weighted by Gasteiger charge is 2.14. The Morgan fingerprint density at radius 3 is 2.64 bits per heavy atom. The van der Waals surface area contributed by atoms with E-state index in [1.165, 1.54) is 6.20 Å². The summed E-state index contributed by atoms with van der Waals surface area (Å²) >= 11 is 0. The van der Waals surface area contributed by atoms with Gasteiger partial charge in [-0.2, -0.15) is 5.26 Å². The Morgan fingerprint density at radius 1 is 1.18 bits per heavy atom. The van der Waals surface area contributed by atoms with Crippen LogP contribution in [0, 0.1) is 11.3 Å². The number of hydrogen-bond donors (Lipinski definition) is 2. The zero-order chi connectivity index (χ0) is 19.9. The van der Waals surface area contributed by atoms with Crippen molar-refractivity contribution in [2.24, 2.45) is 0 Å². The van der Waals surface area contributed by atoms with Gasteiger partial charge >= 0.3 is 0 Å². The second-order valence-electron chi connectivity index (χ2n) is 6.16. The van der Waals surface area contributed by atoms with Gasteiger partial charge in [-0.15, -0.1) is 0 Å². The fourth-order valence-electron chi connectivity index (χ4n) is 2.77. The maximum Gasteiger partial charge on any atom is 0.263 e. The summed E-state index contributed by atoms with van der Waals surface area (Å²) in [6.45, 7) is 1.86. The van der Waals surface area contributed by atoms with Gasteiger partial charge in [-0.25, -0.2) is 0 Å². The number of nitriles is 1. The number of rotatable bonds is 6. The van der Waals surface area contributed by atoms with E-state index < -0.39 is 5.91 Å². The summed E-state index contributed by atoms with van der Waals surface area (Å²) in [7, 11) is 1.60. The van der Waals surface area contributed by atoms with E-state index >= 15 is 0 Å². The summed E-state index contributed by atoms with van der Waals surface area (Å²) < 4.78 is 5.14. The number of ether oxygens (including phenoxy) is 1. The van der Waals surface area contributed by atoms with Gasteiger partial charge in [0.15, 0.2) is 0 Å². The highest BCUT2D eigenvalue weighted by Crippen LogP contribution is 2.21. The minimum atomic E-state index is -0.452. The second kappa shape index (κ2) is 8.69. The molecule has 3 rings (SSSR count). The molecular formula is C22H20N4O2. The topological polar surface area (TPSA) is 87.0 Å². The van der Waals surface area contributed by atoms with Gasteiger partial charge in [0.05, 0.1) is 24.4 Å². The number of pyridine rings is 1.